The Morgan fingerprint density at radius 1 is 1.06 bits per heavy atom. The van der Waals surface area contributed by atoms with E-state index >= 15 is 0 Å². The van der Waals surface area contributed by atoms with Gasteiger partial charge in [-0.05, 0) is 52.9 Å². The predicted molar refractivity (Wildman–Crippen MR) is 132 cm³/mol. The molecule has 0 saturated carbocycles. The number of halogens is 1. The van der Waals surface area contributed by atoms with Gasteiger partial charge in [-0.2, -0.15) is 0 Å². The molecule has 1 atom stereocenters. The number of carbonyl (C=O) groups is 2. The summed E-state index contributed by atoms with van der Waals surface area (Å²) in [6.07, 6.45) is 0. The number of rotatable bonds is 6. The van der Waals surface area contributed by atoms with Gasteiger partial charge in [0.15, 0.2) is 0 Å². The maximum absolute atomic E-state index is 12.8. The van der Waals surface area contributed by atoms with Gasteiger partial charge in [0, 0.05) is 22.8 Å². The van der Waals surface area contributed by atoms with Crippen LogP contribution in [0.1, 0.15) is 52.2 Å². The fourth-order valence-electron chi connectivity index (χ4n) is 3.80. The van der Waals surface area contributed by atoms with E-state index in [9.17, 15) is 9.59 Å². The summed E-state index contributed by atoms with van der Waals surface area (Å²) < 4.78 is 0. The Hall–Kier alpha value is -2.76. The fourth-order valence-corrected chi connectivity index (χ4v) is 5.11. The molecule has 1 fully saturated rings. The minimum absolute atomic E-state index is 0.0723. The monoisotopic (exact) mass is 464 g/mol. The second-order valence-electron chi connectivity index (χ2n) is 8.13. The van der Waals surface area contributed by atoms with Crippen LogP contribution in [-0.4, -0.2) is 22.5 Å². The van der Waals surface area contributed by atoms with Crippen molar-refractivity contribution in [3.63, 3.8) is 0 Å². The Morgan fingerprint density at radius 2 is 1.75 bits per heavy atom. The first kappa shape index (κ1) is 22.4. The maximum atomic E-state index is 12.8. The molecule has 1 saturated heterocycles. The normalized spacial score (nSPS) is 15.9. The molecule has 0 unspecified atom stereocenters. The molecule has 0 aliphatic carbocycles. The van der Waals surface area contributed by atoms with Crippen LogP contribution in [0, 0.1) is 0 Å². The molecular weight excluding hydrogens is 440 g/mol. The summed E-state index contributed by atoms with van der Waals surface area (Å²) in [5.41, 5.74) is 4.58. The lowest BCUT2D eigenvalue weighted by Crippen LogP contribution is -2.27. The second-order valence-corrected chi connectivity index (χ2v) is 9.63. The van der Waals surface area contributed by atoms with Crippen molar-refractivity contribution in [1.29, 1.82) is 0 Å². The summed E-state index contributed by atoms with van der Waals surface area (Å²) in [4.78, 5) is 27.2. The lowest BCUT2D eigenvalue weighted by Gasteiger charge is -2.24. The van der Waals surface area contributed by atoms with Gasteiger partial charge in [0.2, 0.25) is 5.91 Å². The number of nitrogens with one attached hydrogen (secondary N) is 1. The molecule has 1 heterocycles. The number of amides is 2. The third kappa shape index (κ3) is 5.00. The van der Waals surface area contributed by atoms with Gasteiger partial charge in [0.05, 0.1) is 5.75 Å². The maximum Gasteiger partial charge on any atom is 0.255 e. The van der Waals surface area contributed by atoms with E-state index in [1.165, 1.54) is 0 Å². The fraction of sp³-hybridized carbons (Fsp3) is 0.231. The first-order chi connectivity index (χ1) is 15.4. The van der Waals surface area contributed by atoms with Crippen LogP contribution in [0.25, 0.3) is 0 Å². The quantitative estimate of drug-likeness (QED) is 0.453. The number of para-hydroxylation sites is 1. The lowest BCUT2D eigenvalue weighted by atomic mass is 10.0. The number of hydrogen-bond acceptors (Lipinski definition) is 3. The van der Waals surface area contributed by atoms with Crippen molar-refractivity contribution in [3.8, 4) is 0 Å². The van der Waals surface area contributed by atoms with E-state index in [1.54, 1.807) is 11.8 Å². The summed E-state index contributed by atoms with van der Waals surface area (Å²) in [6.45, 7) is 4.74. The molecule has 0 spiro atoms. The zero-order valence-electron chi connectivity index (χ0n) is 18.0. The van der Waals surface area contributed by atoms with Crippen LogP contribution in [0.5, 0.6) is 0 Å². The van der Waals surface area contributed by atoms with E-state index in [-0.39, 0.29) is 17.2 Å². The van der Waals surface area contributed by atoms with E-state index in [1.807, 2.05) is 77.7 Å². The van der Waals surface area contributed by atoms with Crippen LogP contribution in [0.15, 0.2) is 72.8 Å². The van der Waals surface area contributed by atoms with Crippen LogP contribution in [0.4, 0.5) is 5.69 Å². The van der Waals surface area contributed by atoms with Gasteiger partial charge in [0.25, 0.3) is 5.91 Å². The molecule has 0 radical (unpaired) electrons. The molecule has 0 aromatic heterocycles. The highest BCUT2D eigenvalue weighted by Gasteiger charge is 2.32. The molecule has 164 valence electrons. The van der Waals surface area contributed by atoms with Crippen molar-refractivity contribution >= 4 is 40.9 Å². The van der Waals surface area contributed by atoms with Crippen molar-refractivity contribution in [3.05, 3.63) is 100 Å². The van der Waals surface area contributed by atoms with Crippen molar-refractivity contribution in [2.75, 3.05) is 11.1 Å². The molecule has 6 heteroatoms. The van der Waals surface area contributed by atoms with E-state index in [0.29, 0.717) is 28.8 Å². The highest BCUT2D eigenvalue weighted by Crippen LogP contribution is 2.39. The minimum Gasteiger partial charge on any atom is -0.322 e. The van der Waals surface area contributed by atoms with Crippen molar-refractivity contribution in [2.24, 2.45) is 0 Å². The second kappa shape index (κ2) is 9.80. The number of nitrogens with zero attached hydrogens (tertiary/aromatic N) is 1. The summed E-state index contributed by atoms with van der Waals surface area (Å²) >= 11 is 7.59. The third-order valence-electron chi connectivity index (χ3n) is 5.52. The molecule has 32 heavy (non-hydrogen) atoms. The predicted octanol–water partition coefficient (Wildman–Crippen LogP) is 6.49. The van der Waals surface area contributed by atoms with Gasteiger partial charge in [-0.25, -0.2) is 0 Å². The smallest absolute Gasteiger partial charge is 0.255 e. The summed E-state index contributed by atoms with van der Waals surface area (Å²) in [6, 6.07) is 23.0. The minimum atomic E-state index is -0.141. The largest absolute Gasteiger partial charge is 0.322 e. The Kier molecular flexibility index (Phi) is 6.87. The molecule has 3 aromatic rings. The third-order valence-corrected chi connectivity index (χ3v) is 7.03. The summed E-state index contributed by atoms with van der Waals surface area (Å²) in [5.74, 6) is 0.740. The average Bonchev–Trinajstić information content (AvgIpc) is 3.15. The highest BCUT2D eigenvalue weighted by molar-refractivity contribution is 8.00. The lowest BCUT2D eigenvalue weighted by molar-refractivity contribution is -0.128. The van der Waals surface area contributed by atoms with Crippen LogP contribution in [-0.2, 0) is 11.3 Å². The number of benzene rings is 3. The molecule has 0 bridgehead atoms. The molecule has 1 N–H and O–H groups in total. The van der Waals surface area contributed by atoms with Crippen molar-refractivity contribution in [2.45, 2.75) is 31.7 Å². The Bertz CT molecular complexity index is 1110. The molecule has 1 aliphatic rings. The number of carbonyl (C=O) groups excluding carboxylic acids is 2. The van der Waals surface area contributed by atoms with Gasteiger partial charge in [0.1, 0.15) is 5.37 Å². The molecule has 4 rings (SSSR count). The van der Waals surface area contributed by atoms with Gasteiger partial charge in [-0.3, -0.25) is 9.59 Å². The zero-order valence-corrected chi connectivity index (χ0v) is 19.6. The molecule has 2 amide bonds. The standard InChI is InChI=1S/C26H25ClN2O2S/c1-17(2)22-5-3-4-6-23(22)28-25(31)19-9-11-20(12-10-19)26-29(24(30)16-32-26)15-18-7-13-21(27)14-8-18/h3-14,17,26H,15-16H2,1-2H3,(H,28,31)/t26-/m1/s1. The van der Waals surface area contributed by atoms with E-state index in [4.69, 9.17) is 11.6 Å². The summed E-state index contributed by atoms with van der Waals surface area (Å²) in [7, 11) is 0. The molecule has 3 aromatic carbocycles. The Morgan fingerprint density at radius 3 is 2.44 bits per heavy atom. The van der Waals surface area contributed by atoms with Gasteiger partial charge >= 0.3 is 0 Å². The van der Waals surface area contributed by atoms with Crippen LogP contribution in [0.2, 0.25) is 5.02 Å². The zero-order chi connectivity index (χ0) is 22.7. The van der Waals surface area contributed by atoms with E-state index < -0.39 is 0 Å². The van der Waals surface area contributed by atoms with Gasteiger partial charge in [-0.15, -0.1) is 11.8 Å². The van der Waals surface area contributed by atoms with Crippen LogP contribution in [0.3, 0.4) is 0 Å². The first-order valence-corrected chi connectivity index (χ1v) is 12.0. The van der Waals surface area contributed by atoms with Gasteiger partial charge < -0.3 is 10.2 Å². The van der Waals surface area contributed by atoms with Gasteiger partial charge in [-0.1, -0.05) is 67.9 Å². The Balaban J connectivity index is 1.48. The molecular formula is C26H25ClN2O2S. The SMILES string of the molecule is CC(C)c1ccccc1NC(=O)c1ccc([C@H]2SCC(=O)N2Cc2ccc(Cl)cc2)cc1. The van der Waals surface area contributed by atoms with Crippen LogP contribution < -0.4 is 5.32 Å². The number of hydrogen-bond donors (Lipinski definition) is 1. The topological polar surface area (TPSA) is 49.4 Å². The molecule has 1 aliphatic heterocycles. The average molecular weight is 465 g/mol. The molecule has 4 nitrogen and oxygen atoms in total. The van der Waals surface area contributed by atoms with E-state index in [0.717, 1.165) is 22.4 Å². The Labute approximate surface area is 198 Å². The van der Waals surface area contributed by atoms with Crippen LogP contribution >= 0.6 is 23.4 Å². The first-order valence-electron chi connectivity index (χ1n) is 10.6. The summed E-state index contributed by atoms with van der Waals surface area (Å²) in [5, 5.41) is 3.64. The van der Waals surface area contributed by atoms with Crippen molar-refractivity contribution in [1.82, 2.24) is 4.90 Å². The highest BCUT2D eigenvalue weighted by atomic mass is 35.5. The number of thioether (sulfide) groups is 1. The van der Waals surface area contributed by atoms with Crippen molar-refractivity contribution < 1.29 is 9.59 Å². The van der Waals surface area contributed by atoms with E-state index in [2.05, 4.69) is 19.2 Å². The number of anilines is 1.